The molecule has 22 nitrogen and oxygen atoms in total. The van der Waals surface area contributed by atoms with Crippen LogP contribution in [0.2, 0.25) is 0 Å². The normalized spacial score (nSPS) is 16.1. The minimum absolute atomic E-state index is 0.0387. The first-order valence-electron chi connectivity index (χ1n) is 24.2. The number of amides is 2. The van der Waals surface area contributed by atoms with Crippen LogP contribution in [0.5, 0.6) is 28.7 Å². The smallest absolute Gasteiger partial charge is 0.482 e. The number of esters is 7. The summed E-state index contributed by atoms with van der Waals surface area (Å²) in [5, 5.41) is 2.82. The summed E-state index contributed by atoms with van der Waals surface area (Å²) in [5.41, 5.74) is 0.0262. The van der Waals surface area contributed by atoms with Crippen LogP contribution >= 0.6 is 40.1 Å². The van der Waals surface area contributed by atoms with Gasteiger partial charge in [0.15, 0.2) is 6.61 Å². The number of hydrogen-bond donors (Lipinski definition) is 1. The topological polar surface area (TPSA) is 264 Å². The number of benzene rings is 4. The zero-order chi connectivity index (χ0) is 56.0. The predicted octanol–water partition coefficient (Wildman–Crippen LogP) is 3.88. The molecule has 1 spiro atoms. The fraction of sp³-hybridized carbons (Fsp3) is 0.353. The summed E-state index contributed by atoms with van der Waals surface area (Å²) in [4.78, 5) is 119. The molecule has 28 heteroatoms. The van der Waals surface area contributed by atoms with Crippen LogP contribution in [0.25, 0.3) is 0 Å². The molecule has 0 radical (unpaired) electrons. The van der Waals surface area contributed by atoms with Gasteiger partial charge in [0.05, 0.1) is 18.9 Å². The van der Waals surface area contributed by atoms with Gasteiger partial charge >= 0.3 is 318 Å². The first kappa shape index (κ1) is 57.7. The van der Waals surface area contributed by atoms with Crippen molar-refractivity contribution >= 4 is 138 Å². The number of morpholine rings is 1. The molecule has 1 N–H and O–H groups in total. The number of fused-ring (bicyclic) bond motifs is 6. The number of ether oxygens (including phenoxy) is 10. The molecule has 0 saturated carbocycles. The summed E-state index contributed by atoms with van der Waals surface area (Å²) in [6, 6.07) is 15.7. The number of carbonyl (C=O) groups is 9. The van der Waals surface area contributed by atoms with E-state index in [4.69, 9.17) is 47.4 Å². The van der Waals surface area contributed by atoms with Crippen LogP contribution in [0, 0.1) is 0 Å². The second-order valence-corrected chi connectivity index (χ2v) is 40.6. The summed E-state index contributed by atoms with van der Waals surface area (Å²) in [6.45, 7) is 2.86. The molecule has 3 fully saturated rings. The van der Waals surface area contributed by atoms with Gasteiger partial charge in [-0.1, -0.05) is 0 Å². The third kappa shape index (κ3) is 13.1. The molecule has 0 unspecified atom stereocenters. The van der Waals surface area contributed by atoms with E-state index in [0.717, 1.165) is 45.6 Å². The Morgan fingerprint density at radius 1 is 0.646 bits per heavy atom. The average Bonchev–Trinajstić information content (AvgIpc) is 2.66. The predicted molar refractivity (Wildman–Crippen MR) is 293 cm³/mol. The number of nitrogens with zero attached hydrogens (tertiary/aromatic N) is 2. The van der Waals surface area contributed by atoms with E-state index in [-0.39, 0.29) is 28.3 Å². The average molecular weight is 1290 g/mol. The number of rotatable bonds is 18. The van der Waals surface area contributed by atoms with E-state index >= 15 is 0 Å². The molecule has 5 aliphatic heterocycles. The molecule has 0 aliphatic carbocycles. The van der Waals surface area contributed by atoms with E-state index in [9.17, 15) is 43.2 Å². The van der Waals surface area contributed by atoms with Crippen molar-refractivity contribution in [1.82, 2.24) is 4.90 Å². The standard InChI is InChI=1S/C51H49As2N3O19S4/c1-28(57)68-26-70-43(62)23-56(24-44(63)71-27-69-29(2)58)38-10-6-33(22-41(38)67-25-42(61)55-13-15-66-16-14-55)54-49(64)32-5-7-35-34(21-32)50(65)75-51(35)36-8-11-39(72-30(3)59)45(52-76-17-18-77-52)47(36)74-48-37(51)9-12-40(73-31(4)60)46(48)53-78-19-20-79-53/h5-12,21-22H,13-20,23-27H2,1-4H3,(H,54,64). The summed E-state index contributed by atoms with van der Waals surface area (Å²) < 4.78 is 58.1. The number of carbonyl (C=O) groups excluding carboxylic acids is 9. The van der Waals surface area contributed by atoms with Gasteiger partial charge in [-0.15, -0.1) is 0 Å². The Bertz CT molecular complexity index is 3010. The van der Waals surface area contributed by atoms with Gasteiger partial charge in [-0.3, -0.25) is 24.0 Å². The van der Waals surface area contributed by atoms with E-state index in [1.54, 1.807) is 76.5 Å². The monoisotopic (exact) mass is 1290 g/mol. The zero-order valence-electron chi connectivity index (χ0n) is 42.6. The Balaban J connectivity index is 1.09. The van der Waals surface area contributed by atoms with E-state index < -0.39 is 117 Å². The SMILES string of the molecule is CC(=O)OCOC(=O)CN(CC(=O)OCOC(C)=O)c1ccc(NC(=O)c2ccc3c(c2)C(=O)OC32c3ccc(OC(C)=O)c([As]4SCCS4)c3Oc3c2ccc(OC(C)=O)c3[As]2SCCS2)cc1OCC(=O)N1CCOCC1. The minimum Gasteiger partial charge on any atom is -0.482 e. The Labute approximate surface area is 474 Å². The zero-order valence-corrected chi connectivity index (χ0v) is 49.7. The second kappa shape index (κ2) is 25.6. The van der Waals surface area contributed by atoms with Crippen molar-refractivity contribution in [3.63, 3.8) is 0 Å². The third-order valence-electron chi connectivity index (χ3n) is 12.0. The molecule has 3 saturated heterocycles. The minimum atomic E-state index is -2.11. The summed E-state index contributed by atoms with van der Waals surface area (Å²) >= 11 is -4.22. The molecule has 2 amide bonds. The van der Waals surface area contributed by atoms with Gasteiger partial charge in [0.2, 0.25) is 13.6 Å². The van der Waals surface area contributed by atoms with E-state index in [2.05, 4.69) is 5.32 Å². The van der Waals surface area contributed by atoms with Crippen LogP contribution in [-0.4, -0.2) is 166 Å². The molecular formula is C51H49As2N3O19S4. The van der Waals surface area contributed by atoms with Gasteiger partial charge in [-0.2, -0.15) is 0 Å². The van der Waals surface area contributed by atoms with Crippen LogP contribution in [0.1, 0.15) is 65.1 Å². The fourth-order valence-electron chi connectivity index (χ4n) is 8.76. The summed E-state index contributed by atoms with van der Waals surface area (Å²) in [5.74, 6) is -1.30. The number of hydrogen-bond acceptors (Lipinski definition) is 24. The molecule has 5 aliphatic rings. The van der Waals surface area contributed by atoms with Crippen molar-refractivity contribution in [3.05, 3.63) is 88.5 Å². The van der Waals surface area contributed by atoms with Gasteiger partial charge in [0.1, 0.15) is 18.8 Å². The summed E-state index contributed by atoms with van der Waals surface area (Å²) in [6.07, 6.45) is 0. The molecule has 4 aromatic carbocycles. The van der Waals surface area contributed by atoms with Crippen LogP contribution in [0.15, 0.2) is 60.7 Å². The van der Waals surface area contributed by atoms with Gasteiger partial charge in [0, 0.05) is 26.9 Å². The molecule has 4 aromatic rings. The van der Waals surface area contributed by atoms with Crippen LogP contribution in [0.3, 0.4) is 0 Å². The Morgan fingerprint density at radius 3 is 1.70 bits per heavy atom. The van der Waals surface area contributed by atoms with Crippen molar-refractivity contribution < 1.29 is 90.5 Å². The number of anilines is 2. The first-order valence-corrected chi connectivity index (χ1v) is 39.0. The Morgan fingerprint density at radius 2 is 1.18 bits per heavy atom. The van der Waals surface area contributed by atoms with E-state index in [1.807, 2.05) is 0 Å². The maximum atomic E-state index is 14.6. The van der Waals surface area contributed by atoms with Gasteiger partial charge < -0.3 is 38.2 Å². The Kier molecular flexibility index (Phi) is 18.7. The molecule has 0 atom stereocenters. The van der Waals surface area contributed by atoms with Crippen molar-refractivity contribution in [1.29, 1.82) is 0 Å². The van der Waals surface area contributed by atoms with Gasteiger partial charge in [0.25, 0.3) is 5.91 Å². The quantitative estimate of drug-likeness (QED) is 0.0487. The third-order valence-corrected chi connectivity index (χ3v) is 39.2. The second-order valence-electron chi connectivity index (χ2n) is 17.4. The fourth-order valence-corrected chi connectivity index (χ4v) is 38.5. The molecule has 79 heavy (non-hydrogen) atoms. The number of nitrogens with one attached hydrogen (secondary N) is 1. The molecule has 9 rings (SSSR count). The van der Waals surface area contributed by atoms with Crippen molar-refractivity contribution in [3.8, 4) is 28.7 Å². The Hall–Kier alpha value is -6.01. The van der Waals surface area contributed by atoms with Crippen molar-refractivity contribution in [2.24, 2.45) is 0 Å². The molecule has 5 heterocycles. The first-order chi connectivity index (χ1) is 38.0. The maximum absolute atomic E-state index is 14.6. The molecule has 0 bridgehead atoms. The van der Waals surface area contributed by atoms with E-state index in [1.165, 1.54) is 47.9 Å². The molecular weight excluding hydrogens is 1240 g/mol. The van der Waals surface area contributed by atoms with Crippen LogP contribution in [0.4, 0.5) is 11.4 Å². The van der Waals surface area contributed by atoms with Gasteiger partial charge in [-0.05, 0) is 6.07 Å². The van der Waals surface area contributed by atoms with Crippen LogP contribution in [-0.2, 0) is 67.6 Å². The van der Waals surface area contributed by atoms with Gasteiger partial charge in [-0.25, -0.2) is 0 Å². The summed E-state index contributed by atoms with van der Waals surface area (Å²) in [7, 11) is 7.20. The van der Waals surface area contributed by atoms with Crippen LogP contribution < -0.4 is 37.9 Å². The molecule has 0 aromatic heterocycles. The molecule has 416 valence electrons. The van der Waals surface area contributed by atoms with Crippen molar-refractivity contribution in [2.75, 3.05) is 92.8 Å². The van der Waals surface area contributed by atoms with E-state index in [0.29, 0.717) is 66.0 Å². The van der Waals surface area contributed by atoms with Crippen molar-refractivity contribution in [2.45, 2.75) is 33.3 Å².